The molecular weight excluding hydrogens is 338 g/mol. The zero-order valence-electron chi connectivity index (χ0n) is 13.3. The average molecular weight is 353 g/mol. The Balaban J connectivity index is 1.59. The molecule has 25 heavy (non-hydrogen) atoms. The Morgan fingerprint density at radius 3 is 2.52 bits per heavy atom. The number of fused-ring (bicyclic) bond motifs is 1. The highest BCUT2D eigenvalue weighted by molar-refractivity contribution is 7.92. The van der Waals surface area contributed by atoms with E-state index in [9.17, 15) is 8.42 Å². The molecule has 0 saturated carbocycles. The summed E-state index contributed by atoms with van der Waals surface area (Å²) in [5.41, 5.74) is 3.18. The molecule has 2 N–H and O–H groups in total. The molecule has 126 valence electrons. The van der Waals surface area contributed by atoms with Gasteiger partial charge in [-0.25, -0.2) is 9.97 Å². The Labute approximate surface area is 144 Å². The van der Waals surface area contributed by atoms with Gasteiger partial charge in [0.2, 0.25) is 0 Å². The fraction of sp³-hybridized carbons (Fsp3) is 0.0588. The number of nitrogens with zero attached hydrogens (tertiary/aromatic N) is 3. The number of anilines is 1. The molecule has 0 unspecified atom stereocenters. The second kappa shape index (κ2) is 5.75. The Kier molecular flexibility index (Phi) is 3.54. The highest BCUT2D eigenvalue weighted by atomic mass is 32.2. The first kappa shape index (κ1) is 15.4. The quantitative estimate of drug-likeness (QED) is 0.590. The van der Waals surface area contributed by atoms with Gasteiger partial charge in [0.1, 0.15) is 5.82 Å². The molecule has 0 aliphatic heterocycles. The number of hydrogen-bond acceptors (Lipinski definition) is 4. The predicted molar refractivity (Wildman–Crippen MR) is 95.5 cm³/mol. The third kappa shape index (κ3) is 2.99. The SMILES string of the molecule is Cn1cnc(S(=O)(=O)Nc2ccc(-c3nc4ccccc4[nH]3)cc2)c1. The lowest BCUT2D eigenvalue weighted by atomic mass is 10.2. The number of para-hydroxylation sites is 2. The number of aryl methyl sites for hydroxylation is 1. The molecule has 0 radical (unpaired) electrons. The first-order valence-electron chi connectivity index (χ1n) is 7.57. The van der Waals surface area contributed by atoms with E-state index < -0.39 is 10.0 Å². The van der Waals surface area contributed by atoms with Gasteiger partial charge < -0.3 is 9.55 Å². The minimum Gasteiger partial charge on any atom is -0.339 e. The second-order valence-electron chi connectivity index (χ2n) is 5.66. The maximum absolute atomic E-state index is 12.3. The van der Waals surface area contributed by atoms with Gasteiger partial charge in [0.05, 0.1) is 17.4 Å². The Hall–Kier alpha value is -3.13. The van der Waals surface area contributed by atoms with Crippen LogP contribution >= 0.6 is 0 Å². The molecule has 4 aromatic rings. The summed E-state index contributed by atoms with van der Waals surface area (Å²) in [5, 5.41) is -0.0173. The van der Waals surface area contributed by atoms with Gasteiger partial charge in [0.15, 0.2) is 5.03 Å². The summed E-state index contributed by atoms with van der Waals surface area (Å²) in [4.78, 5) is 11.6. The molecule has 8 heteroatoms. The van der Waals surface area contributed by atoms with Gasteiger partial charge in [-0.05, 0) is 36.4 Å². The van der Waals surface area contributed by atoms with Crippen molar-refractivity contribution in [1.82, 2.24) is 19.5 Å². The lowest BCUT2D eigenvalue weighted by molar-refractivity contribution is 0.598. The van der Waals surface area contributed by atoms with Crippen molar-refractivity contribution in [2.75, 3.05) is 4.72 Å². The van der Waals surface area contributed by atoms with Gasteiger partial charge in [-0.15, -0.1) is 0 Å². The van der Waals surface area contributed by atoms with E-state index in [1.807, 2.05) is 36.4 Å². The number of nitrogens with one attached hydrogen (secondary N) is 2. The Morgan fingerprint density at radius 2 is 1.84 bits per heavy atom. The van der Waals surface area contributed by atoms with E-state index in [4.69, 9.17) is 0 Å². The lowest BCUT2D eigenvalue weighted by Crippen LogP contribution is -2.13. The molecule has 0 atom stereocenters. The topological polar surface area (TPSA) is 92.7 Å². The van der Waals surface area contributed by atoms with E-state index in [2.05, 4.69) is 19.7 Å². The van der Waals surface area contributed by atoms with Crippen LogP contribution in [0.4, 0.5) is 5.69 Å². The van der Waals surface area contributed by atoms with Crippen molar-refractivity contribution < 1.29 is 8.42 Å². The zero-order valence-corrected chi connectivity index (χ0v) is 14.2. The van der Waals surface area contributed by atoms with Gasteiger partial charge >= 0.3 is 0 Å². The van der Waals surface area contributed by atoms with E-state index in [0.29, 0.717) is 5.69 Å². The van der Waals surface area contributed by atoms with Crippen LogP contribution in [0.3, 0.4) is 0 Å². The number of aromatic amines is 1. The van der Waals surface area contributed by atoms with E-state index in [1.54, 1.807) is 23.7 Å². The minimum absolute atomic E-state index is 0.0173. The monoisotopic (exact) mass is 353 g/mol. The molecule has 0 bridgehead atoms. The van der Waals surface area contributed by atoms with Crippen LogP contribution in [0, 0.1) is 0 Å². The van der Waals surface area contributed by atoms with E-state index >= 15 is 0 Å². The Bertz CT molecular complexity index is 1110. The average Bonchev–Trinajstić information content (AvgIpc) is 3.21. The summed E-state index contributed by atoms with van der Waals surface area (Å²) in [5.74, 6) is 0.736. The molecule has 7 nitrogen and oxygen atoms in total. The van der Waals surface area contributed by atoms with Crippen molar-refractivity contribution in [2.45, 2.75) is 5.03 Å². The van der Waals surface area contributed by atoms with Crippen LogP contribution < -0.4 is 4.72 Å². The summed E-state index contributed by atoms with van der Waals surface area (Å²) in [7, 11) is -1.98. The van der Waals surface area contributed by atoms with Gasteiger partial charge in [-0.3, -0.25) is 4.72 Å². The molecule has 0 aliphatic rings. The van der Waals surface area contributed by atoms with Gasteiger partial charge in [0, 0.05) is 24.5 Å². The van der Waals surface area contributed by atoms with Crippen molar-refractivity contribution in [1.29, 1.82) is 0 Å². The first-order chi connectivity index (χ1) is 12.0. The first-order valence-corrected chi connectivity index (χ1v) is 9.05. The lowest BCUT2D eigenvalue weighted by Gasteiger charge is -2.06. The summed E-state index contributed by atoms with van der Waals surface area (Å²) < 4.78 is 28.7. The van der Waals surface area contributed by atoms with Crippen molar-refractivity contribution in [3.8, 4) is 11.4 Å². The van der Waals surface area contributed by atoms with Crippen LogP contribution in [-0.4, -0.2) is 27.9 Å². The van der Waals surface area contributed by atoms with Gasteiger partial charge in [0.25, 0.3) is 10.0 Å². The number of hydrogen-bond donors (Lipinski definition) is 2. The summed E-state index contributed by atoms with van der Waals surface area (Å²) in [6.07, 6.45) is 2.89. The number of imidazole rings is 2. The molecule has 2 heterocycles. The molecule has 0 spiro atoms. The standard InChI is InChI=1S/C17H15N5O2S/c1-22-10-16(18-11-22)25(23,24)21-13-8-6-12(7-9-13)17-19-14-4-2-3-5-15(14)20-17/h2-11,21H,1H3,(H,19,20). The highest BCUT2D eigenvalue weighted by Crippen LogP contribution is 2.23. The number of H-pyrrole nitrogens is 1. The van der Waals surface area contributed by atoms with Crippen LogP contribution in [0.5, 0.6) is 0 Å². The maximum atomic E-state index is 12.3. The van der Waals surface area contributed by atoms with Crippen molar-refractivity contribution in [3.63, 3.8) is 0 Å². The third-order valence-electron chi connectivity index (χ3n) is 3.76. The fourth-order valence-corrected chi connectivity index (χ4v) is 3.56. The molecule has 4 rings (SSSR count). The van der Waals surface area contributed by atoms with E-state index in [1.165, 1.54) is 12.5 Å². The maximum Gasteiger partial charge on any atom is 0.280 e. The minimum atomic E-state index is -3.70. The predicted octanol–water partition coefficient (Wildman–Crippen LogP) is 2.76. The molecular formula is C17H15N5O2S. The smallest absolute Gasteiger partial charge is 0.280 e. The van der Waals surface area contributed by atoms with Crippen LogP contribution in [0.1, 0.15) is 0 Å². The van der Waals surface area contributed by atoms with Crippen molar-refractivity contribution >= 4 is 26.7 Å². The van der Waals surface area contributed by atoms with Crippen LogP contribution in [0.15, 0.2) is 66.1 Å². The largest absolute Gasteiger partial charge is 0.339 e. The molecule has 0 amide bonds. The molecule has 0 saturated heterocycles. The van der Waals surface area contributed by atoms with Crippen molar-refractivity contribution in [3.05, 3.63) is 61.1 Å². The Morgan fingerprint density at radius 1 is 1.08 bits per heavy atom. The molecule has 0 aliphatic carbocycles. The normalized spacial score (nSPS) is 11.7. The fourth-order valence-electron chi connectivity index (χ4n) is 2.52. The van der Waals surface area contributed by atoms with E-state index in [0.717, 1.165) is 22.4 Å². The van der Waals surface area contributed by atoms with Gasteiger partial charge in [-0.2, -0.15) is 8.42 Å². The molecule has 2 aromatic heterocycles. The second-order valence-corrected chi connectivity index (χ2v) is 7.29. The number of rotatable bonds is 4. The summed E-state index contributed by atoms with van der Waals surface area (Å²) in [6, 6.07) is 14.8. The highest BCUT2D eigenvalue weighted by Gasteiger charge is 2.17. The van der Waals surface area contributed by atoms with Crippen LogP contribution in [-0.2, 0) is 17.1 Å². The van der Waals surface area contributed by atoms with Gasteiger partial charge in [-0.1, -0.05) is 12.1 Å². The zero-order chi connectivity index (χ0) is 17.4. The number of aromatic nitrogens is 4. The van der Waals surface area contributed by atoms with Crippen LogP contribution in [0.25, 0.3) is 22.4 Å². The number of benzene rings is 2. The summed E-state index contributed by atoms with van der Waals surface area (Å²) in [6.45, 7) is 0. The summed E-state index contributed by atoms with van der Waals surface area (Å²) >= 11 is 0. The van der Waals surface area contributed by atoms with Crippen LogP contribution in [0.2, 0.25) is 0 Å². The van der Waals surface area contributed by atoms with Crippen molar-refractivity contribution in [2.24, 2.45) is 7.05 Å². The third-order valence-corrected chi connectivity index (χ3v) is 5.02. The van der Waals surface area contributed by atoms with E-state index in [-0.39, 0.29) is 5.03 Å². The molecule has 0 fully saturated rings. The molecule has 2 aromatic carbocycles. The number of sulfonamides is 1.